The lowest BCUT2D eigenvalue weighted by Gasteiger charge is -2.21. The summed E-state index contributed by atoms with van der Waals surface area (Å²) in [5.74, 6) is -2.30. The quantitative estimate of drug-likeness (QED) is 0.0169. The summed E-state index contributed by atoms with van der Waals surface area (Å²) in [4.78, 5) is 73.0. The first kappa shape index (κ1) is 99.5. The largest absolute Gasteiger partial charge is 0.472 e. The van der Waals surface area contributed by atoms with Crippen molar-refractivity contribution in [1.82, 2.24) is 0 Å². The molecule has 19 heteroatoms. The van der Waals surface area contributed by atoms with E-state index in [2.05, 4.69) is 131 Å². The lowest BCUT2D eigenvalue weighted by atomic mass is 10.1. The van der Waals surface area contributed by atoms with Crippen LogP contribution in [0.25, 0.3) is 0 Å². The maximum atomic E-state index is 13.1. The number of carbonyl (C=O) groups excluding carboxylic acids is 4. The second-order valence-electron chi connectivity index (χ2n) is 27.0. The number of allylic oxidation sites excluding steroid dienone is 20. The average molecular weight is 1500 g/mol. The Kier molecular flexibility index (Phi) is 73.3. The smallest absolute Gasteiger partial charge is 0.462 e. The van der Waals surface area contributed by atoms with Gasteiger partial charge in [-0.2, -0.15) is 0 Å². The number of aliphatic hydroxyl groups excluding tert-OH is 1. The molecule has 0 rings (SSSR count). The van der Waals surface area contributed by atoms with E-state index >= 15 is 0 Å². The molecule has 0 fully saturated rings. The van der Waals surface area contributed by atoms with Gasteiger partial charge in [0.1, 0.15) is 19.3 Å². The van der Waals surface area contributed by atoms with Gasteiger partial charge in [0, 0.05) is 25.7 Å². The zero-order chi connectivity index (χ0) is 76.0. The highest BCUT2D eigenvalue weighted by Crippen LogP contribution is 2.45. The molecule has 0 spiro atoms. The number of aliphatic hydroxyl groups is 1. The molecular weight excluding hydrogens is 1350 g/mol. The summed E-state index contributed by atoms with van der Waals surface area (Å²) in [5, 5.41) is 10.6. The predicted octanol–water partition coefficient (Wildman–Crippen LogP) is 23.9. The van der Waals surface area contributed by atoms with E-state index in [0.29, 0.717) is 32.1 Å². The molecular formula is C85H146O17P2. The van der Waals surface area contributed by atoms with Crippen molar-refractivity contribution in [1.29, 1.82) is 0 Å². The Hall–Kier alpha value is -4.54. The molecule has 5 atom stereocenters. The van der Waals surface area contributed by atoms with Crippen LogP contribution < -0.4 is 0 Å². The highest BCUT2D eigenvalue weighted by atomic mass is 31.2. The Morgan fingerprint density at radius 2 is 0.519 bits per heavy atom. The molecule has 5 unspecified atom stereocenters. The minimum atomic E-state index is -5.00. The van der Waals surface area contributed by atoms with Crippen LogP contribution in [-0.4, -0.2) is 96.7 Å². The molecule has 0 saturated heterocycles. The Labute approximate surface area is 632 Å². The Bertz CT molecular complexity index is 2440. The summed E-state index contributed by atoms with van der Waals surface area (Å²) in [5.41, 5.74) is 0. The molecule has 0 aromatic rings. The van der Waals surface area contributed by atoms with Crippen LogP contribution in [0, 0.1) is 0 Å². The van der Waals surface area contributed by atoms with Gasteiger partial charge in [0.25, 0.3) is 0 Å². The number of ether oxygens (including phenoxy) is 4. The van der Waals surface area contributed by atoms with Gasteiger partial charge in [-0.1, -0.05) is 284 Å². The minimum absolute atomic E-state index is 0.0328. The Morgan fingerprint density at radius 3 is 0.856 bits per heavy atom. The summed E-state index contributed by atoms with van der Waals surface area (Å²) >= 11 is 0. The number of hydrogen-bond donors (Lipinski definition) is 3. The summed E-state index contributed by atoms with van der Waals surface area (Å²) in [6.07, 6.45) is 84.7. The summed E-state index contributed by atoms with van der Waals surface area (Å²) < 4.78 is 68.6. The molecule has 0 heterocycles. The van der Waals surface area contributed by atoms with Crippen LogP contribution in [0.3, 0.4) is 0 Å². The van der Waals surface area contributed by atoms with Crippen LogP contribution in [0.1, 0.15) is 336 Å². The highest BCUT2D eigenvalue weighted by molar-refractivity contribution is 7.47. The average Bonchev–Trinajstić information content (AvgIpc) is 0.918. The molecule has 598 valence electrons. The van der Waals surface area contributed by atoms with E-state index in [0.717, 1.165) is 154 Å². The molecule has 0 aromatic heterocycles. The zero-order valence-electron chi connectivity index (χ0n) is 65.4. The minimum Gasteiger partial charge on any atom is -0.462 e. The van der Waals surface area contributed by atoms with Crippen molar-refractivity contribution in [3.05, 3.63) is 122 Å². The number of phosphoric ester groups is 2. The highest BCUT2D eigenvalue weighted by Gasteiger charge is 2.30. The fraction of sp³-hybridized carbons (Fsp3) is 0.718. The molecule has 0 aliphatic carbocycles. The first-order valence-corrected chi connectivity index (χ1v) is 43.8. The standard InChI is InChI=1S/C85H146O17P2/c1-5-9-13-17-21-25-29-33-37-38-39-40-44-46-50-54-58-62-66-70-83(88)96-76-81(102-85(90)72-68-64-60-56-52-48-43-36-32-28-24-20-16-12-8-4)78-100-104(93,94)98-74-79(86)73-97-103(91,92)99-77-80(101-84(89)71-67-63-59-55-51-47-42-35-31-27-23-19-15-11-7-3)75-95-82(87)69-65-61-57-53-49-45-41-34-30-26-22-18-14-10-6-2/h9,13,21-22,25-26,33-37,39-43,46,50,58,62,79-81,86H,5-8,10-12,14-20,23-24,27-32,38,44-45,47-49,51-57,59-61,63-78H2,1-4H3,(H,91,92)(H,93,94)/b13-9-,25-21-,26-22-,37-33-,40-39-,41-34-,42-35-,43-36-,50-46-,62-58-. The molecule has 0 amide bonds. The van der Waals surface area contributed by atoms with Crippen LogP contribution in [0.4, 0.5) is 0 Å². The van der Waals surface area contributed by atoms with E-state index in [1.54, 1.807) is 0 Å². The van der Waals surface area contributed by atoms with E-state index in [-0.39, 0.29) is 25.7 Å². The number of carbonyl (C=O) groups is 4. The van der Waals surface area contributed by atoms with Gasteiger partial charge in [-0.3, -0.25) is 37.3 Å². The number of esters is 4. The molecule has 3 N–H and O–H groups in total. The van der Waals surface area contributed by atoms with Crippen LogP contribution in [0.15, 0.2) is 122 Å². The fourth-order valence-electron chi connectivity index (χ4n) is 10.7. The predicted molar refractivity (Wildman–Crippen MR) is 427 cm³/mol. The van der Waals surface area contributed by atoms with Crippen LogP contribution in [0.2, 0.25) is 0 Å². The second-order valence-corrected chi connectivity index (χ2v) is 29.9. The zero-order valence-corrected chi connectivity index (χ0v) is 67.2. The molecule has 0 aromatic carbocycles. The van der Waals surface area contributed by atoms with Gasteiger partial charge >= 0.3 is 39.5 Å². The number of unbranched alkanes of at least 4 members (excludes halogenated alkanes) is 30. The molecule has 17 nitrogen and oxygen atoms in total. The first-order valence-electron chi connectivity index (χ1n) is 40.8. The van der Waals surface area contributed by atoms with Crippen molar-refractivity contribution in [3.8, 4) is 0 Å². The van der Waals surface area contributed by atoms with E-state index < -0.39 is 97.5 Å². The van der Waals surface area contributed by atoms with Crippen molar-refractivity contribution < 1.29 is 80.2 Å². The maximum Gasteiger partial charge on any atom is 0.472 e. The summed E-state index contributed by atoms with van der Waals surface area (Å²) in [6, 6.07) is 0. The number of phosphoric acid groups is 2. The van der Waals surface area contributed by atoms with Gasteiger partial charge in [0.2, 0.25) is 0 Å². The SMILES string of the molecule is CC/C=C\C/C=C\C/C=C\C/C=C\C/C=C\C/C=C\CCC(=O)OCC(COP(=O)(O)OCC(O)COP(=O)(O)OCC(COC(=O)CCCCCCC/C=C\C/C=C\CCCCC)OC(=O)CCCCCCC/C=C\CCCCCCCC)OC(=O)CCCCCCC/C=C\CCCCCCCC. The van der Waals surface area contributed by atoms with E-state index in [1.165, 1.54) is 96.3 Å². The third kappa shape index (κ3) is 75.7. The van der Waals surface area contributed by atoms with Crippen molar-refractivity contribution in [2.75, 3.05) is 39.6 Å². The van der Waals surface area contributed by atoms with Gasteiger partial charge < -0.3 is 33.8 Å². The second kappa shape index (κ2) is 76.6. The van der Waals surface area contributed by atoms with Crippen LogP contribution >= 0.6 is 15.6 Å². The number of rotatable bonds is 76. The molecule has 0 aliphatic heterocycles. The molecule has 0 bridgehead atoms. The van der Waals surface area contributed by atoms with Crippen molar-refractivity contribution in [3.63, 3.8) is 0 Å². The van der Waals surface area contributed by atoms with Gasteiger partial charge in [-0.15, -0.1) is 0 Å². The van der Waals surface area contributed by atoms with Gasteiger partial charge in [0.05, 0.1) is 26.4 Å². The normalized spacial score (nSPS) is 14.5. The van der Waals surface area contributed by atoms with Crippen molar-refractivity contribution in [2.24, 2.45) is 0 Å². The fourth-order valence-corrected chi connectivity index (χ4v) is 12.3. The lowest BCUT2D eigenvalue weighted by molar-refractivity contribution is -0.161. The first-order chi connectivity index (χ1) is 50.7. The van der Waals surface area contributed by atoms with Crippen molar-refractivity contribution in [2.45, 2.75) is 354 Å². The topological polar surface area (TPSA) is 237 Å². The lowest BCUT2D eigenvalue weighted by Crippen LogP contribution is -2.30. The van der Waals surface area contributed by atoms with E-state index in [4.69, 9.17) is 37.0 Å². The van der Waals surface area contributed by atoms with Gasteiger partial charge in [-0.05, 0) is 148 Å². The van der Waals surface area contributed by atoms with Gasteiger partial charge in [-0.25, -0.2) is 9.13 Å². The summed E-state index contributed by atoms with van der Waals surface area (Å²) in [7, 11) is -9.99. The van der Waals surface area contributed by atoms with E-state index in [9.17, 15) is 43.2 Å². The third-order valence-corrected chi connectivity index (χ3v) is 18.8. The molecule has 0 aliphatic rings. The Balaban J connectivity index is 5.44. The van der Waals surface area contributed by atoms with Crippen LogP contribution in [0.5, 0.6) is 0 Å². The van der Waals surface area contributed by atoms with Crippen molar-refractivity contribution >= 4 is 39.5 Å². The molecule has 0 radical (unpaired) electrons. The Morgan fingerprint density at radius 1 is 0.279 bits per heavy atom. The number of hydrogen-bond acceptors (Lipinski definition) is 15. The maximum absolute atomic E-state index is 13.1. The summed E-state index contributed by atoms with van der Waals surface area (Å²) in [6.45, 7) is 4.63. The van der Waals surface area contributed by atoms with Gasteiger partial charge in [0.15, 0.2) is 12.2 Å². The van der Waals surface area contributed by atoms with E-state index in [1.807, 2.05) is 18.2 Å². The third-order valence-electron chi connectivity index (χ3n) is 16.9. The molecule has 0 saturated carbocycles. The monoisotopic (exact) mass is 1500 g/mol. The van der Waals surface area contributed by atoms with Crippen LogP contribution in [-0.2, 0) is 65.4 Å². The molecule has 104 heavy (non-hydrogen) atoms.